The van der Waals surface area contributed by atoms with Crippen molar-refractivity contribution >= 4 is 22.9 Å². The maximum absolute atomic E-state index is 13.3. The van der Waals surface area contributed by atoms with Gasteiger partial charge in [-0.05, 0) is 42.3 Å². The van der Waals surface area contributed by atoms with Crippen molar-refractivity contribution in [3.8, 4) is 0 Å². The van der Waals surface area contributed by atoms with E-state index in [1.54, 1.807) is 18.5 Å². The molecule has 0 bridgehead atoms. The second-order valence-electron chi connectivity index (χ2n) is 4.55. The van der Waals surface area contributed by atoms with E-state index in [1.807, 2.05) is 24.1 Å². The monoisotopic (exact) mass is 289 g/mol. The Morgan fingerprint density at radius 1 is 1.30 bits per heavy atom. The van der Waals surface area contributed by atoms with E-state index < -0.39 is 0 Å². The molecule has 0 saturated carbocycles. The molecule has 0 aliphatic heterocycles. The highest BCUT2D eigenvalue weighted by Crippen LogP contribution is 2.21. The van der Waals surface area contributed by atoms with Crippen LogP contribution in [0.1, 0.15) is 11.1 Å². The summed E-state index contributed by atoms with van der Waals surface area (Å²) >= 11 is 4.98. The van der Waals surface area contributed by atoms with Gasteiger partial charge in [0.2, 0.25) is 0 Å². The van der Waals surface area contributed by atoms with Crippen LogP contribution in [0.15, 0.2) is 42.7 Å². The van der Waals surface area contributed by atoms with Crippen molar-refractivity contribution in [1.82, 2.24) is 4.98 Å². The molecule has 0 aliphatic rings. The summed E-state index contributed by atoms with van der Waals surface area (Å²) in [6.45, 7) is 0.783. The smallest absolute Gasteiger partial charge is 0.124 e. The Morgan fingerprint density at radius 2 is 2.00 bits per heavy atom. The molecule has 0 unspecified atom stereocenters. The standard InChI is InChI=1S/C15H16FN3S/c1-19(9-6-11-4-7-18-8-5-11)14-3-2-12(16)10-13(14)15(17)20/h2-5,7-8,10H,6,9H2,1H3,(H2,17,20). The molecule has 0 fully saturated rings. The third-order valence-corrected chi connectivity index (χ3v) is 3.34. The number of halogens is 1. The number of rotatable bonds is 5. The van der Waals surface area contributed by atoms with E-state index in [0.29, 0.717) is 5.56 Å². The molecular formula is C15H16FN3S. The van der Waals surface area contributed by atoms with Crippen LogP contribution in [-0.4, -0.2) is 23.6 Å². The lowest BCUT2D eigenvalue weighted by Gasteiger charge is -2.22. The SMILES string of the molecule is CN(CCc1ccncc1)c1ccc(F)cc1C(N)=S. The van der Waals surface area contributed by atoms with Gasteiger partial charge in [-0.1, -0.05) is 12.2 Å². The maximum Gasteiger partial charge on any atom is 0.124 e. The van der Waals surface area contributed by atoms with E-state index in [2.05, 4.69) is 4.98 Å². The molecule has 0 spiro atoms. The molecule has 20 heavy (non-hydrogen) atoms. The fraction of sp³-hybridized carbons (Fsp3) is 0.200. The van der Waals surface area contributed by atoms with Crippen LogP contribution in [0.25, 0.3) is 0 Å². The topological polar surface area (TPSA) is 42.2 Å². The van der Waals surface area contributed by atoms with Crippen molar-refractivity contribution in [3.05, 3.63) is 59.7 Å². The van der Waals surface area contributed by atoms with Crippen LogP contribution >= 0.6 is 12.2 Å². The number of anilines is 1. The van der Waals surface area contributed by atoms with E-state index in [0.717, 1.165) is 18.7 Å². The molecule has 2 rings (SSSR count). The summed E-state index contributed by atoms with van der Waals surface area (Å²) in [5.41, 5.74) is 8.27. The Kier molecular flexibility index (Phi) is 4.63. The number of likely N-dealkylation sites (N-methyl/N-ethyl adjacent to an activating group) is 1. The van der Waals surface area contributed by atoms with Crippen LogP contribution in [-0.2, 0) is 6.42 Å². The molecule has 0 atom stereocenters. The van der Waals surface area contributed by atoms with Gasteiger partial charge in [-0.3, -0.25) is 4.98 Å². The Morgan fingerprint density at radius 3 is 2.65 bits per heavy atom. The summed E-state index contributed by atoms with van der Waals surface area (Å²) in [6, 6.07) is 8.46. The van der Waals surface area contributed by atoms with Crippen LogP contribution < -0.4 is 10.6 Å². The summed E-state index contributed by atoms with van der Waals surface area (Å²) in [6.07, 6.45) is 4.41. The summed E-state index contributed by atoms with van der Waals surface area (Å²) in [5, 5.41) is 0. The number of hydrogen-bond acceptors (Lipinski definition) is 3. The highest BCUT2D eigenvalue weighted by Gasteiger charge is 2.11. The Hall–Kier alpha value is -2.01. The van der Waals surface area contributed by atoms with Gasteiger partial charge in [-0.25, -0.2) is 4.39 Å². The molecule has 2 N–H and O–H groups in total. The fourth-order valence-corrected chi connectivity index (χ4v) is 2.17. The lowest BCUT2D eigenvalue weighted by Crippen LogP contribution is -2.24. The van der Waals surface area contributed by atoms with E-state index in [1.165, 1.54) is 17.7 Å². The van der Waals surface area contributed by atoms with Gasteiger partial charge in [0, 0.05) is 37.2 Å². The molecule has 1 heterocycles. The van der Waals surface area contributed by atoms with Crippen LogP contribution in [0.3, 0.4) is 0 Å². The van der Waals surface area contributed by atoms with Crippen LogP contribution in [0, 0.1) is 5.82 Å². The Balaban J connectivity index is 2.13. The molecule has 3 nitrogen and oxygen atoms in total. The third-order valence-electron chi connectivity index (χ3n) is 3.12. The number of thiocarbonyl (C=S) groups is 1. The van der Waals surface area contributed by atoms with Gasteiger partial charge in [0.15, 0.2) is 0 Å². The average Bonchev–Trinajstić information content (AvgIpc) is 2.45. The predicted octanol–water partition coefficient (Wildman–Crippen LogP) is 2.53. The molecule has 0 radical (unpaired) electrons. The first kappa shape index (κ1) is 14.4. The van der Waals surface area contributed by atoms with E-state index in [4.69, 9.17) is 18.0 Å². The van der Waals surface area contributed by atoms with Crippen LogP contribution in [0.5, 0.6) is 0 Å². The molecule has 0 amide bonds. The molecule has 1 aromatic heterocycles. The largest absolute Gasteiger partial charge is 0.389 e. The highest BCUT2D eigenvalue weighted by atomic mass is 32.1. The van der Waals surface area contributed by atoms with Crippen molar-refractivity contribution in [2.24, 2.45) is 5.73 Å². The number of nitrogens with two attached hydrogens (primary N) is 1. The summed E-state index contributed by atoms with van der Waals surface area (Å²) < 4.78 is 13.3. The first-order valence-electron chi connectivity index (χ1n) is 6.27. The molecule has 0 aliphatic carbocycles. The Labute approximate surface area is 123 Å². The lowest BCUT2D eigenvalue weighted by molar-refractivity contribution is 0.627. The minimum Gasteiger partial charge on any atom is -0.389 e. The molecule has 104 valence electrons. The second-order valence-corrected chi connectivity index (χ2v) is 4.99. The van der Waals surface area contributed by atoms with Crippen molar-refractivity contribution in [2.45, 2.75) is 6.42 Å². The van der Waals surface area contributed by atoms with Gasteiger partial charge < -0.3 is 10.6 Å². The minimum absolute atomic E-state index is 0.204. The van der Waals surface area contributed by atoms with Crippen molar-refractivity contribution in [1.29, 1.82) is 0 Å². The highest BCUT2D eigenvalue weighted by molar-refractivity contribution is 7.80. The third kappa shape index (κ3) is 3.51. The minimum atomic E-state index is -0.334. The van der Waals surface area contributed by atoms with Crippen molar-refractivity contribution in [3.63, 3.8) is 0 Å². The molecular weight excluding hydrogens is 273 g/mol. The normalized spacial score (nSPS) is 10.3. The zero-order valence-electron chi connectivity index (χ0n) is 11.2. The molecule has 2 aromatic rings. The van der Waals surface area contributed by atoms with Gasteiger partial charge in [0.1, 0.15) is 10.8 Å². The zero-order valence-corrected chi connectivity index (χ0v) is 12.0. The number of benzene rings is 1. The number of hydrogen-bond donors (Lipinski definition) is 1. The van der Waals surface area contributed by atoms with Crippen LogP contribution in [0.2, 0.25) is 0 Å². The first-order valence-corrected chi connectivity index (χ1v) is 6.68. The van der Waals surface area contributed by atoms with E-state index in [-0.39, 0.29) is 10.8 Å². The quantitative estimate of drug-likeness (QED) is 0.859. The van der Waals surface area contributed by atoms with Crippen molar-refractivity contribution in [2.75, 3.05) is 18.5 Å². The molecule has 1 aromatic carbocycles. The number of nitrogens with zero attached hydrogens (tertiary/aromatic N) is 2. The zero-order chi connectivity index (χ0) is 14.5. The van der Waals surface area contributed by atoms with E-state index >= 15 is 0 Å². The van der Waals surface area contributed by atoms with Gasteiger partial charge in [0.25, 0.3) is 0 Å². The van der Waals surface area contributed by atoms with E-state index in [9.17, 15) is 4.39 Å². The number of pyridine rings is 1. The molecule has 0 saturated heterocycles. The molecule has 5 heteroatoms. The predicted molar refractivity (Wildman–Crippen MR) is 83.5 cm³/mol. The summed E-state index contributed by atoms with van der Waals surface area (Å²) in [7, 11) is 1.94. The lowest BCUT2D eigenvalue weighted by atomic mass is 10.1. The first-order chi connectivity index (χ1) is 9.58. The van der Waals surface area contributed by atoms with Gasteiger partial charge in [0.05, 0.1) is 0 Å². The van der Waals surface area contributed by atoms with Crippen molar-refractivity contribution < 1.29 is 4.39 Å². The van der Waals surface area contributed by atoms with Gasteiger partial charge in [-0.15, -0.1) is 0 Å². The second kappa shape index (κ2) is 6.43. The Bertz CT molecular complexity index is 601. The van der Waals surface area contributed by atoms with Gasteiger partial charge in [-0.2, -0.15) is 0 Å². The fourth-order valence-electron chi connectivity index (χ4n) is 2.01. The number of aromatic nitrogens is 1. The maximum atomic E-state index is 13.3. The van der Waals surface area contributed by atoms with Gasteiger partial charge >= 0.3 is 0 Å². The average molecular weight is 289 g/mol. The van der Waals surface area contributed by atoms with Crippen LogP contribution in [0.4, 0.5) is 10.1 Å². The summed E-state index contributed by atoms with van der Waals surface area (Å²) in [5.74, 6) is -0.334. The summed E-state index contributed by atoms with van der Waals surface area (Å²) in [4.78, 5) is 6.21.